The van der Waals surface area contributed by atoms with E-state index >= 15 is 0 Å². The molecule has 0 radical (unpaired) electrons. The average molecular weight is 321 g/mol. The molecule has 1 heterocycles. The van der Waals surface area contributed by atoms with Crippen molar-refractivity contribution < 1.29 is 26.3 Å². The van der Waals surface area contributed by atoms with E-state index in [1.165, 1.54) is 12.1 Å². The van der Waals surface area contributed by atoms with Gasteiger partial charge in [0.2, 0.25) is 9.84 Å². The number of halogens is 3. The summed E-state index contributed by atoms with van der Waals surface area (Å²) >= 11 is 0. The molecule has 0 saturated carbocycles. The molecule has 1 aliphatic rings. The van der Waals surface area contributed by atoms with Gasteiger partial charge in [0.05, 0.1) is 15.5 Å². The highest BCUT2D eigenvalue weighted by atomic mass is 32.2. The zero-order chi connectivity index (χ0) is 15.8. The fourth-order valence-corrected chi connectivity index (χ4v) is 4.00. The normalized spacial score (nSPS) is 17.0. The number of benzene rings is 1. The number of sulfone groups is 1. The number of rotatable bonds is 4. The van der Waals surface area contributed by atoms with Gasteiger partial charge >= 0.3 is 6.18 Å². The van der Waals surface area contributed by atoms with Gasteiger partial charge in [-0.2, -0.15) is 13.2 Å². The van der Waals surface area contributed by atoms with Crippen molar-refractivity contribution in [1.82, 2.24) is 0 Å². The lowest BCUT2D eigenvalue weighted by molar-refractivity contribution is -0.153. The highest BCUT2D eigenvalue weighted by molar-refractivity contribution is 7.95. The zero-order valence-electron chi connectivity index (χ0n) is 11.2. The van der Waals surface area contributed by atoms with Crippen LogP contribution in [-0.4, -0.2) is 21.2 Å². The number of nitrogens with two attached hydrogens (primary N) is 1. The summed E-state index contributed by atoms with van der Waals surface area (Å²) in [5.41, 5.74) is 6.30. The average Bonchev–Trinajstić information content (AvgIpc) is 2.57. The highest BCUT2D eigenvalue weighted by Crippen LogP contribution is 2.40. The quantitative estimate of drug-likeness (QED) is 0.926. The van der Waals surface area contributed by atoms with E-state index in [1.54, 1.807) is 0 Å². The Kier molecular flexibility index (Phi) is 3.92. The summed E-state index contributed by atoms with van der Waals surface area (Å²) in [6.45, 7) is 0.340. The van der Waals surface area contributed by atoms with Crippen molar-refractivity contribution in [3.05, 3.63) is 28.7 Å². The van der Waals surface area contributed by atoms with Gasteiger partial charge in [0.15, 0.2) is 6.61 Å². The summed E-state index contributed by atoms with van der Waals surface area (Å²) in [6, 6.07) is 3.74. The number of hydrogen-bond acceptors (Lipinski definition) is 4. The first kappa shape index (κ1) is 15.7. The lowest BCUT2D eigenvalue weighted by Gasteiger charge is -2.10. The Balaban J connectivity index is 2.36. The van der Waals surface area contributed by atoms with Crippen molar-refractivity contribution in [3.8, 4) is 5.75 Å². The molecule has 0 unspecified atom stereocenters. The Bertz CT molecular complexity index is 693. The van der Waals surface area contributed by atoms with Gasteiger partial charge in [-0.1, -0.05) is 13.3 Å². The van der Waals surface area contributed by atoms with E-state index in [0.717, 1.165) is 6.07 Å². The van der Waals surface area contributed by atoms with Crippen LogP contribution < -0.4 is 10.5 Å². The molecule has 1 aliphatic heterocycles. The van der Waals surface area contributed by atoms with Crippen molar-refractivity contribution in [2.45, 2.75) is 30.8 Å². The molecule has 0 bridgehead atoms. The molecular weight excluding hydrogens is 307 g/mol. The Hall–Kier alpha value is -1.70. The molecule has 1 aromatic rings. The topological polar surface area (TPSA) is 69.4 Å². The van der Waals surface area contributed by atoms with Crippen LogP contribution in [0.3, 0.4) is 0 Å². The molecule has 4 nitrogen and oxygen atoms in total. The largest absolute Gasteiger partial charge is 0.484 e. The van der Waals surface area contributed by atoms with E-state index < -0.39 is 22.6 Å². The lowest BCUT2D eigenvalue weighted by atomic mass is 10.1. The first-order valence-corrected chi connectivity index (χ1v) is 7.73. The summed E-state index contributed by atoms with van der Waals surface area (Å²) in [6.07, 6.45) is -3.59. The van der Waals surface area contributed by atoms with Crippen molar-refractivity contribution in [3.63, 3.8) is 0 Å². The van der Waals surface area contributed by atoms with Gasteiger partial charge < -0.3 is 10.5 Å². The maximum atomic E-state index is 12.3. The molecule has 116 valence electrons. The van der Waals surface area contributed by atoms with E-state index in [1.807, 2.05) is 6.92 Å². The third kappa shape index (κ3) is 2.99. The van der Waals surface area contributed by atoms with Crippen LogP contribution in [-0.2, 0) is 9.84 Å². The van der Waals surface area contributed by atoms with E-state index in [2.05, 4.69) is 4.74 Å². The van der Waals surface area contributed by atoms with Crippen LogP contribution >= 0.6 is 0 Å². The van der Waals surface area contributed by atoms with Crippen LogP contribution in [0.5, 0.6) is 5.75 Å². The fraction of sp³-hybridized carbons (Fsp3) is 0.385. The second-order valence-electron chi connectivity index (χ2n) is 4.65. The van der Waals surface area contributed by atoms with Gasteiger partial charge in [0.1, 0.15) is 5.75 Å². The third-order valence-corrected chi connectivity index (χ3v) is 5.03. The smallest absolute Gasteiger partial charge is 0.422 e. The molecule has 0 amide bonds. The predicted octanol–water partition coefficient (Wildman–Crippen LogP) is 2.84. The SMILES string of the molecule is CCCC1=C(N)c2ccc(OCC(F)(F)F)cc2S1(=O)=O. The fourth-order valence-electron chi connectivity index (χ4n) is 2.13. The van der Waals surface area contributed by atoms with Gasteiger partial charge in [0.25, 0.3) is 0 Å². The molecule has 1 aromatic carbocycles. The van der Waals surface area contributed by atoms with E-state index in [9.17, 15) is 21.6 Å². The molecule has 0 saturated heterocycles. The molecule has 0 aromatic heterocycles. The van der Waals surface area contributed by atoms with Crippen LogP contribution in [0.4, 0.5) is 13.2 Å². The molecule has 8 heteroatoms. The van der Waals surface area contributed by atoms with Crippen LogP contribution in [0.25, 0.3) is 5.70 Å². The minimum absolute atomic E-state index is 0.0943. The molecule has 0 fully saturated rings. The Morgan fingerprint density at radius 1 is 1.29 bits per heavy atom. The molecule has 21 heavy (non-hydrogen) atoms. The number of allylic oxidation sites excluding steroid dienone is 1. The first-order valence-electron chi connectivity index (χ1n) is 6.24. The molecule has 0 atom stereocenters. The third-order valence-electron chi connectivity index (χ3n) is 3.04. The Morgan fingerprint density at radius 2 is 1.95 bits per heavy atom. The van der Waals surface area contributed by atoms with Crippen molar-refractivity contribution in [1.29, 1.82) is 0 Å². The van der Waals surface area contributed by atoms with E-state index in [-0.39, 0.29) is 21.2 Å². The predicted molar refractivity (Wildman–Crippen MR) is 71.2 cm³/mol. The van der Waals surface area contributed by atoms with E-state index in [4.69, 9.17) is 5.73 Å². The minimum atomic E-state index is -4.48. The van der Waals surface area contributed by atoms with Crippen LogP contribution in [0.15, 0.2) is 28.0 Å². The summed E-state index contributed by atoms with van der Waals surface area (Å²) in [4.78, 5) is 0.0242. The minimum Gasteiger partial charge on any atom is -0.484 e. The summed E-state index contributed by atoms with van der Waals surface area (Å²) in [7, 11) is -3.74. The Labute approximate surface area is 120 Å². The lowest BCUT2D eigenvalue weighted by Crippen LogP contribution is -2.19. The van der Waals surface area contributed by atoms with Gasteiger partial charge in [-0.15, -0.1) is 0 Å². The second-order valence-corrected chi connectivity index (χ2v) is 6.59. The number of fused-ring (bicyclic) bond motifs is 1. The maximum absolute atomic E-state index is 12.3. The first-order chi connectivity index (χ1) is 9.66. The van der Waals surface area contributed by atoms with Crippen molar-refractivity contribution in [2.75, 3.05) is 6.61 Å². The van der Waals surface area contributed by atoms with Gasteiger partial charge in [0, 0.05) is 5.56 Å². The monoisotopic (exact) mass is 321 g/mol. The van der Waals surface area contributed by atoms with Crippen LogP contribution in [0.2, 0.25) is 0 Å². The molecule has 0 aliphatic carbocycles. The van der Waals surface area contributed by atoms with Crippen LogP contribution in [0.1, 0.15) is 25.3 Å². The second kappa shape index (κ2) is 5.25. The summed E-state index contributed by atoms with van der Waals surface area (Å²) in [5.74, 6) is -0.153. The highest BCUT2D eigenvalue weighted by Gasteiger charge is 2.34. The molecule has 2 rings (SSSR count). The number of hydrogen-bond donors (Lipinski definition) is 1. The maximum Gasteiger partial charge on any atom is 0.422 e. The standard InChI is InChI=1S/C13H14F3NO3S/c1-2-3-10-12(17)9-5-4-8(20-7-13(14,15)16)6-11(9)21(10,18)19/h4-6H,2-3,7,17H2,1H3. The van der Waals surface area contributed by atoms with Crippen molar-refractivity contribution >= 4 is 15.5 Å². The zero-order valence-corrected chi connectivity index (χ0v) is 12.0. The van der Waals surface area contributed by atoms with Gasteiger partial charge in [-0.3, -0.25) is 0 Å². The van der Waals surface area contributed by atoms with Gasteiger partial charge in [-0.25, -0.2) is 8.42 Å². The van der Waals surface area contributed by atoms with E-state index in [0.29, 0.717) is 18.4 Å². The van der Waals surface area contributed by atoms with Gasteiger partial charge in [-0.05, 0) is 24.6 Å². The Morgan fingerprint density at radius 3 is 2.52 bits per heavy atom. The molecular formula is C13H14F3NO3S. The molecule has 2 N–H and O–H groups in total. The van der Waals surface area contributed by atoms with Crippen LogP contribution in [0, 0.1) is 0 Å². The van der Waals surface area contributed by atoms with Crippen molar-refractivity contribution in [2.24, 2.45) is 5.73 Å². The summed E-state index contributed by atoms with van der Waals surface area (Å²) < 4.78 is 65.6. The number of alkyl halides is 3. The summed E-state index contributed by atoms with van der Waals surface area (Å²) in [5, 5.41) is 0. The number of ether oxygens (including phenoxy) is 1. The molecule has 0 spiro atoms.